The number of nitrogens with zero attached hydrogens (tertiary/aromatic N) is 3. The molecule has 1 aromatic carbocycles. The van der Waals surface area contributed by atoms with E-state index >= 15 is 0 Å². The Kier molecular flexibility index (Phi) is 5.85. The number of nitrogens with one attached hydrogen (secondary N) is 1. The number of amides is 1. The molecule has 138 valence electrons. The van der Waals surface area contributed by atoms with Crippen molar-refractivity contribution in [3.8, 4) is 5.69 Å². The molecular formula is C20H26N4O2. The number of morpholine rings is 1. The van der Waals surface area contributed by atoms with Gasteiger partial charge in [-0.25, -0.2) is 5.43 Å². The van der Waals surface area contributed by atoms with Crippen LogP contribution >= 0.6 is 0 Å². The first-order valence-electron chi connectivity index (χ1n) is 8.92. The molecule has 0 radical (unpaired) electrons. The Morgan fingerprint density at radius 1 is 1.19 bits per heavy atom. The largest absolute Gasteiger partial charge is 0.379 e. The number of hydrogen-bond acceptors (Lipinski definition) is 4. The summed E-state index contributed by atoms with van der Waals surface area (Å²) < 4.78 is 7.48. The summed E-state index contributed by atoms with van der Waals surface area (Å²) in [5.41, 5.74) is 8.21. The molecule has 3 rings (SSSR count). The quantitative estimate of drug-likeness (QED) is 0.661. The van der Waals surface area contributed by atoms with Crippen LogP contribution in [0.3, 0.4) is 0 Å². The van der Waals surface area contributed by atoms with E-state index in [1.54, 1.807) is 6.21 Å². The lowest BCUT2D eigenvalue weighted by Gasteiger charge is -2.25. The zero-order chi connectivity index (χ0) is 18.5. The van der Waals surface area contributed by atoms with Crippen molar-refractivity contribution >= 4 is 12.1 Å². The summed E-state index contributed by atoms with van der Waals surface area (Å²) in [6.07, 6.45) is 1.71. The van der Waals surface area contributed by atoms with Crippen LogP contribution in [0.1, 0.15) is 22.5 Å². The van der Waals surface area contributed by atoms with E-state index < -0.39 is 0 Å². The van der Waals surface area contributed by atoms with E-state index in [4.69, 9.17) is 4.74 Å². The van der Waals surface area contributed by atoms with E-state index in [-0.39, 0.29) is 5.91 Å². The molecule has 1 aliphatic heterocycles. The van der Waals surface area contributed by atoms with Crippen molar-refractivity contribution in [1.82, 2.24) is 14.9 Å². The highest BCUT2D eigenvalue weighted by atomic mass is 16.5. The number of hydrazone groups is 1. The van der Waals surface area contributed by atoms with Crippen LogP contribution in [0.5, 0.6) is 0 Å². The van der Waals surface area contributed by atoms with Crippen LogP contribution in [0.4, 0.5) is 0 Å². The van der Waals surface area contributed by atoms with Crippen molar-refractivity contribution in [2.24, 2.45) is 5.10 Å². The Balaban J connectivity index is 1.64. The van der Waals surface area contributed by atoms with Gasteiger partial charge >= 0.3 is 0 Å². The first-order chi connectivity index (χ1) is 12.5. The van der Waals surface area contributed by atoms with Gasteiger partial charge in [0.2, 0.25) is 0 Å². The SMILES string of the molecule is Cc1ccc(-n2c(C)cc(/C=N\NC(=O)CN3CCOCC3)c2C)cc1. The fraction of sp³-hybridized carbons (Fsp3) is 0.400. The molecule has 0 bridgehead atoms. The molecule has 1 fully saturated rings. The maximum absolute atomic E-state index is 12.0. The zero-order valence-corrected chi connectivity index (χ0v) is 15.7. The summed E-state index contributed by atoms with van der Waals surface area (Å²) in [5, 5.41) is 4.13. The van der Waals surface area contributed by atoms with Gasteiger partial charge in [-0.2, -0.15) is 5.10 Å². The fourth-order valence-corrected chi connectivity index (χ4v) is 3.18. The summed E-state index contributed by atoms with van der Waals surface area (Å²) in [5.74, 6) is -0.101. The molecule has 0 aliphatic carbocycles. The minimum atomic E-state index is -0.101. The molecule has 0 spiro atoms. The Labute approximate surface area is 154 Å². The number of benzene rings is 1. The number of hydrogen-bond donors (Lipinski definition) is 1. The smallest absolute Gasteiger partial charge is 0.254 e. The Bertz CT molecular complexity index is 787. The summed E-state index contributed by atoms with van der Waals surface area (Å²) in [7, 11) is 0. The number of ether oxygens (including phenoxy) is 1. The predicted molar refractivity (Wildman–Crippen MR) is 103 cm³/mol. The molecule has 1 saturated heterocycles. The van der Waals surface area contributed by atoms with Gasteiger partial charge in [-0.3, -0.25) is 9.69 Å². The Morgan fingerprint density at radius 3 is 2.58 bits per heavy atom. The number of aromatic nitrogens is 1. The number of carbonyl (C=O) groups is 1. The third kappa shape index (κ3) is 4.39. The molecule has 0 atom stereocenters. The first-order valence-corrected chi connectivity index (χ1v) is 8.92. The van der Waals surface area contributed by atoms with E-state index in [1.165, 1.54) is 5.56 Å². The molecule has 0 unspecified atom stereocenters. The summed E-state index contributed by atoms with van der Waals surface area (Å²) >= 11 is 0. The average Bonchev–Trinajstić information content (AvgIpc) is 2.90. The van der Waals surface area contributed by atoms with Gasteiger partial charge in [-0.15, -0.1) is 0 Å². The second-order valence-electron chi connectivity index (χ2n) is 6.68. The molecule has 1 amide bonds. The van der Waals surface area contributed by atoms with E-state index in [0.29, 0.717) is 19.8 Å². The Hall–Kier alpha value is -2.44. The summed E-state index contributed by atoms with van der Waals surface area (Å²) in [4.78, 5) is 14.1. The topological polar surface area (TPSA) is 58.9 Å². The lowest BCUT2D eigenvalue weighted by Crippen LogP contribution is -2.42. The van der Waals surface area contributed by atoms with Gasteiger partial charge in [0, 0.05) is 35.7 Å². The van der Waals surface area contributed by atoms with Gasteiger partial charge in [0.05, 0.1) is 26.0 Å². The van der Waals surface area contributed by atoms with Crippen LogP contribution in [-0.4, -0.2) is 54.4 Å². The number of carbonyl (C=O) groups excluding carboxylic acids is 1. The number of aryl methyl sites for hydroxylation is 2. The minimum absolute atomic E-state index is 0.101. The molecule has 1 aromatic heterocycles. The number of rotatable bonds is 5. The van der Waals surface area contributed by atoms with Gasteiger partial charge in [0.25, 0.3) is 5.91 Å². The van der Waals surface area contributed by atoms with Crippen molar-refractivity contribution < 1.29 is 9.53 Å². The third-order valence-electron chi connectivity index (χ3n) is 4.63. The van der Waals surface area contributed by atoms with Crippen molar-refractivity contribution in [3.63, 3.8) is 0 Å². The van der Waals surface area contributed by atoms with Crippen LogP contribution < -0.4 is 5.43 Å². The van der Waals surface area contributed by atoms with Crippen molar-refractivity contribution in [3.05, 3.63) is 52.8 Å². The molecule has 1 N–H and O–H groups in total. The van der Waals surface area contributed by atoms with E-state index in [1.807, 2.05) is 0 Å². The van der Waals surface area contributed by atoms with Crippen LogP contribution in [0.2, 0.25) is 0 Å². The van der Waals surface area contributed by atoms with Gasteiger partial charge in [0.1, 0.15) is 0 Å². The van der Waals surface area contributed by atoms with Crippen LogP contribution in [-0.2, 0) is 9.53 Å². The highest BCUT2D eigenvalue weighted by Gasteiger charge is 2.14. The van der Waals surface area contributed by atoms with Gasteiger partial charge < -0.3 is 9.30 Å². The lowest BCUT2D eigenvalue weighted by molar-refractivity contribution is -0.123. The lowest BCUT2D eigenvalue weighted by atomic mass is 10.2. The minimum Gasteiger partial charge on any atom is -0.379 e. The Morgan fingerprint density at radius 2 is 1.88 bits per heavy atom. The highest BCUT2D eigenvalue weighted by Crippen LogP contribution is 2.20. The maximum Gasteiger partial charge on any atom is 0.254 e. The van der Waals surface area contributed by atoms with Crippen LogP contribution in [0.25, 0.3) is 5.69 Å². The normalized spacial score (nSPS) is 15.5. The molecule has 2 heterocycles. The van der Waals surface area contributed by atoms with Crippen LogP contribution in [0, 0.1) is 20.8 Å². The van der Waals surface area contributed by atoms with Gasteiger partial charge in [-0.1, -0.05) is 17.7 Å². The van der Waals surface area contributed by atoms with Crippen molar-refractivity contribution in [2.75, 3.05) is 32.8 Å². The average molecular weight is 354 g/mol. The zero-order valence-electron chi connectivity index (χ0n) is 15.7. The molecule has 6 heteroatoms. The molecular weight excluding hydrogens is 328 g/mol. The predicted octanol–water partition coefficient (Wildman–Crippen LogP) is 2.18. The molecule has 6 nitrogen and oxygen atoms in total. The van der Waals surface area contributed by atoms with Crippen LogP contribution in [0.15, 0.2) is 35.4 Å². The molecule has 26 heavy (non-hydrogen) atoms. The maximum atomic E-state index is 12.0. The van der Waals surface area contributed by atoms with E-state index in [9.17, 15) is 4.79 Å². The third-order valence-corrected chi connectivity index (χ3v) is 4.63. The van der Waals surface area contributed by atoms with E-state index in [2.05, 4.69) is 71.1 Å². The molecule has 1 aliphatic rings. The summed E-state index contributed by atoms with van der Waals surface area (Å²) in [6.45, 7) is 9.50. The molecule has 2 aromatic rings. The van der Waals surface area contributed by atoms with Crippen molar-refractivity contribution in [2.45, 2.75) is 20.8 Å². The second kappa shape index (κ2) is 8.29. The highest BCUT2D eigenvalue weighted by molar-refractivity contribution is 5.84. The van der Waals surface area contributed by atoms with Crippen molar-refractivity contribution in [1.29, 1.82) is 0 Å². The molecule has 0 saturated carbocycles. The first kappa shape index (κ1) is 18.4. The monoisotopic (exact) mass is 354 g/mol. The van der Waals surface area contributed by atoms with E-state index in [0.717, 1.165) is 35.7 Å². The summed E-state index contributed by atoms with van der Waals surface area (Å²) in [6, 6.07) is 10.5. The van der Waals surface area contributed by atoms with Gasteiger partial charge in [0.15, 0.2) is 0 Å². The van der Waals surface area contributed by atoms with Gasteiger partial charge in [-0.05, 0) is 39.0 Å². The second-order valence-corrected chi connectivity index (χ2v) is 6.68. The standard InChI is InChI=1S/C20H26N4O2/c1-15-4-6-19(7-5-15)24-16(2)12-18(17(24)3)13-21-22-20(25)14-23-8-10-26-11-9-23/h4-7,12-13H,8-11,14H2,1-3H3,(H,22,25)/b21-13-. The fourth-order valence-electron chi connectivity index (χ4n) is 3.18.